The molecule has 19 heavy (non-hydrogen) atoms. The van der Waals surface area contributed by atoms with E-state index in [0.717, 1.165) is 0 Å². The second-order valence-electron chi connectivity index (χ2n) is 4.08. The average Bonchev–Trinajstić information content (AvgIpc) is 2.73. The fourth-order valence-electron chi connectivity index (χ4n) is 1.99. The predicted molar refractivity (Wildman–Crippen MR) is 73.8 cm³/mol. The number of allylic oxidation sites excluding steroid dienone is 1. The van der Waals surface area contributed by atoms with E-state index in [4.69, 9.17) is 4.74 Å². The second kappa shape index (κ2) is 5.65. The van der Waals surface area contributed by atoms with E-state index in [1.165, 1.54) is 5.01 Å². The SMILES string of the molecule is CCO/C(CC)=C1\C(=O)N(c2ccccn2)N=C1C. The molecule has 0 aromatic carbocycles. The first-order valence-electron chi connectivity index (χ1n) is 6.36. The molecule has 2 rings (SSSR count). The van der Waals surface area contributed by atoms with E-state index in [2.05, 4.69) is 10.1 Å². The first kappa shape index (κ1) is 13.3. The zero-order valence-electron chi connectivity index (χ0n) is 11.4. The molecular formula is C14H17N3O2. The van der Waals surface area contributed by atoms with Crippen LogP contribution < -0.4 is 5.01 Å². The number of hydrazone groups is 1. The van der Waals surface area contributed by atoms with Crippen LogP contribution in [0.15, 0.2) is 40.8 Å². The Hall–Kier alpha value is -2.17. The monoisotopic (exact) mass is 259 g/mol. The molecular weight excluding hydrogens is 242 g/mol. The summed E-state index contributed by atoms with van der Waals surface area (Å²) in [6.07, 6.45) is 2.30. The van der Waals surface area contributed by atoms with Crippen molar-refractivity contribution in [2.24, 2.45) is 5.10 Å². The number of nitrogens with zero attached hydrogens (tertiary/aromatic N) is 3. The molecule has 0 fully saturated rings. The van der Waals surface area contributed by atoms with Crippen LogP contribution in [0.4, 0.5) is 5.82 Å². The van der Waals surface area contributed by atoms with Crippen molar-refractivity contribution in [3.8, 4) is 0 Å². The Morgan fingerprint density at radius 1 is 1.37 bits per heavy atom. The summed E-state index contributed by atoms with van der Waals surface area (Å²) in [6.45, 7) is 6.21. The third kappa shape index (κ3) is 2.50. The maximum absolute atomic E-state index is 12.4. The molecule has 2 heterocycles. The minimum absolute atomic E-state index is 0.179. The van der Waals surface area contributed by atoms with E-state index < -0.39 is 0 Å². The molecule has 0 aliphatic carbocycles. The maximum Gasteiger partial charge on any atom is 0.285 e. The lowest BCUT2D eigenvalue weighted by molar-refractivity contribution is -0.114. The van der Waals surface area contributed by atoms with Gasteiger partial charge in [0.05, 0.1) is 12.3 Å². The first-order chi connectivity index (χ1) is 9.19. The number of aromatic nitrogens is 1. The van der Waals surface area contributed by atoms with Crippen molar-refractivity contribution in [2.75, 3.05) is 11.6 Å². The number of carbonyl (C=O) groups excluding carboxylic acids is 1. The van der Waals surface area contributed by atoms with Crippen molar-refractivity contribution in [2.45, 2.75) is 27.2 Å². The molecule has 1 aromatic heterocycles. The fourth-order valence-corrected chi connectivity index (χ4v) is 1.99. The lowest BCUT2D eigenvalue weighted by Crippen LogP contribution is -2.23. The Kier molecular flexibility index (Phi) is 3.94. The van der Waals surface area contributed by atoms with E-state index in [1.807, 2.05) is 26.8 Å². The van der Waals surface area contributed by atoms with Gasteiger partial charge in [0, 0.05) is 12.6 Å². The van der Waals surface area contributed by atoms with E-state index >= 15 is 0 Å². The number of hydrogen-bond donors (Lipinski definition) is 0. The number of hydrogen-bond acceptors (Lipinski definition) is 4. The highest BCUT2D eigenvalue weighted by molar-refractivity contribution is 6.29. The van der Waals surface area contributed by atoms with Gasteiger partial charge >= 0.3 is 0 Å². The molecule has 0 N–H and O–H groups in total. The number of anilines is 1. The molecule has 0 radical (unpaired) electrons. The number of amides is 1. The summed E-state index contributed by atoms with van der Waals surface area (Å²) in [4.78, 5) is 16.6. The second-order valence-corrected chi connectivity index (χ2v) is 4.08. The Morgan fingerprint density at radius 2 is 2.16 bits per heavy atom. The first-order valence-corrected chi connectivity index (χ1v) is 6.36. The minimum Gasteiger partial charge on any atom is -0.497 e. The molecule has 0 spiro atoms. The van der Waals surface area contributed by atoms with Crippen LogP contribution in [0.5, 0.6) is 0 Å². The molecule has 0 saturated heterocycles. The van der Waals surface area contributed by atoms with E-state index in [-0.39, 0.29) is 5.91 Å². The lowest BCUT2D eigenvalue weighted by Gasteiger charge is -2.12. The van der Waals surface area contributed by atoms with Crippen molar-refractivity contribution < 1.29 is 9.53 Å². The Bertz CT molecular complexity index is 535. The van der Waals surface area contributed by atoms with Gasteiger partial charge in [-0.15, -0.1) is 0 Å². The quantitative estimate of drug-likeness (QED) is 0.616. The fraction of sp³-hybridized carbons (Fsp3) is 0.357. The Morgan fingerprint density at radius 3 is 2.74 bits per heavy atom. The third-order valence-electron chi connectivity index (χ3n) is 2.80. The molecule has 0 bridgehead atoms. The Balaban J connectivity index is 2.39. The topological polar surface area (TPSA) is 54.8 Å². The highest BCUT2D eigenvalue weighted by Gasteiger charge is 2.32. The average molecular weight is 259 g/mol. The normalized spacial score (nSPS) is 17.5. The minimum atomic E-state index is -0.179. The number of ether oxygens (including phenoxy) is 1. The van der Waals surface area contributed by atoms with Crippen molar-refractivity contribution in [3.63, 3.8) is 0 Å². The lowest BCUT2D eigenvalue weighted by atomic mass is 10.1. The third-order valence-corrected chi connectivity index (χ3v) is 2.80. The molecule has 1 aliphatic rings. The van der Waals surface area contributed by atoms with Gasteiger partial charge in [-0.1, -0.05) is 13.0 Å². The molecule has 0 unspecified atom stereocenters. The largest absolute Gasteiger partial charge is 0.497 e. The van der Waals surface area contributed by atoms with Crippen molar-refractivity contribution in [1.82, 2.24) is 4.98 Å². The summed E-state index contributed by atoms with van der Waals surface area (Å²) in [6, 6.07) is 5.38. The van der Waals surface area contributed by atoms with Crippen LogP contribution in [-0.2, 0) is 9.53 Å². The van der Waals surface area contributed by atoms with Crippen molar-refractivity contribution in [1.29, 1.82) is 0 Å². The summed E-state index contributed by atoms with van der Waals surface area (Å²) in [5.74, 6) is 1.03. The van der Waals surface area contributed by atoms with Crippen LogP contribution in [0.1, 0.15) is 27.2 Å². The summed E-state index contributed by atoms with van der Waals surface area (Å²) < 4.78 is 5.53. The smallest absolute Gasteiger partial charge is 0.285 e. The molecule has 1 amide bonds. The van der Waals surface area contributed by atoms with Crippen molar-refractivity contribution >= 4 is 17.4 Å². The van der Waals surface area contributed by atoms with Gasteiger partial charge in [-0.3, -0.25) is 4.79 Å². The van der Waals surface area contributed by atoms with Gasteiger partial charge in [-0.25, -0.2) is 4.98 Å². The summed E-state index contributed by atoms with van der Waals surface area (Å²) >= 11 is 0. The van der Waals surface area contributed by atoms with E-state index in [0.29, 0.717) is 35.9 Å². The number of carbonyl (C=O) groups is 1. The van der Waals surface area contributed by atoms with Crippen LogP contribution >= 0.6 is 0 Å². The predicted octanol–water partition coefficient (Wildman–Crippen LogP) is 2.50. The standard InChI is InChI=1S/C14H17N3O2/c1-4-11(19-5-2)13-10(3)16-17(14(13)18)12-8-6-7-9-15-12/h6-9H,4-5H2,1-3H3/b13-11-. The van der Waals surface area contributed by atoms with Gasteiger partial charge in [-0.05, 0) is 26.0 Å². The molecule has 5 nitrogen and oxygen atoms in total. The van der Waals surface area contributed by atoms with Crippen LogP contribution in [0.3, 0.4) is 0 Å². The van der Waals surface area contributed by atoms with Crippen LogP contribution in [0, 0.1) is 0 Å². The van der Waals surface area contributed by atoms with Gasteiger partial charge in [0.25, 0.3) is 5.91 Å². The summed E-state index contributed by atoms with van der Waals surface area (Å²) in [7, 11) is 0. The van der Waals surface area contributed by atoms with Crippen LogP contribution in [0.25, 0.3) is 0 Å². The zero-order chi connectivity index (χ0) is 13.8. The maximum atomic E-state index is 12.4. The number of rotatable bonds is 4. The summed E-state index contributed by atoms with van der Waals surface area (Å²) in [5, 5.41) is 5.59. The van der Waals surface area contributed by atoms with E-state index in [1.54, 1.807) is 18.3 Å². The van der Waals surface area contributed by atoms with Crippen LogP contribution in [0.2, 0.25) is 0 Å². The molecule has 1 aromatic rings. The van der Waals surface area contributed by atoms with Gasteiger partial charge in [0.2, 0.25) is 0 Å². The molecule has 0 atom stereocenters. The summed E-state index contributed by atoms with van der Waals surface area (Å²) in [5.41, 5.74) is 1.22. The number of pyridine rings is 1. The highest BCUT2D eigenvalue weighted by atomic mass is 16.5. The Labute approximate surface area is 112 Å². The molecule has 5 heteroatoms. The van der Waals surface area contributed by atoms with Gasteiger partial charge in [-0.2, -0.15) is 10.1 Å². The zero-order valence-corrected chi connectivity index (χ0v) is 11.4. The highest BCUT2D eigenvalue weighted by Crippen LogP contribution is 2.25. The van der Waals surface area contributed by atoms with Gasteiger partial charge in [0.1, 0.15) is 11.3 Å². The van der Waals surface area contributed by atoms with Crippen molar-refractivity contribution in [3.05, 3.63) is 35.7 Å². The molecule has 100 valence electrons. The molecule has 1 aliphatic heterocycles. The van der Waals surface area contributed by atoms with Crippen LogP contribution in [-0.4, -0.2) is 23.2 Å². The van der Waals surface area contributed by atoms with E-state index in [9.17, 15) is 4.79 Å². The van der Waals surface area contributed by atoms with Gasteiger partial charge < -0.3 is 4.74 Å². The molecule has 0 saturated carbocycles. The van der Waals surface area contributed by atoms with Gasteiger partial charge in [0.15, 0.2) is 5.82 Å².